The first-order chi connectivity index (χ1) is 9.49. The van der Waals surface area contributed by atoms with E-state index in [1.54, 1.807) is 12.1 Å². The van der Waals surface area contributed by atoms with E-state index in [9.17, 15) is 0 Å². The van der Waals surface area contributed by atoms with E-state index in [-0.39, 0.29) is 6.04 Å². The highest BCUT2D eigenvalue weighted by Gasteiger charge is 2.11. The second-order valence-corrected chi connectivity index (χ2v) is 6.10. The van der Waals surface area contributed by atoms with E-state index in [0.29, 0.717) is 21.6 Å². The predicted molar refractivity (Wildman–Crippen MR) is 88.2 cm³/mol. The van der Waals surface area contributed by atoms with Gasteiger partial charge in [0, 0.05) is 28.2 Å². The molecule has 2 aromatic rings. The molecule has 2 aromatic carbocycles. The summed E-state index contributed by atoms with van der Waals surface area (Å²) in [4.78, 5) is 0. The second-order valence-electron chi connectivity index (χ2n) is 4.48. The molecule has 1 nitrogen and oxygen atoms in total. The maximum absolute atomic E-state index is 6.17. The monoisotopic (exact) mass is 347 g/mol. The fourth-order valence-electron chi connectivity index (χ4n) is 1.86. The van der Waals surface area contributed by atoms with Crippen LogP contribution in [-0.2, 0) is 6.54 Å². The Hall–Kier alpha value is -0.440. The van der Waals surface area contributed by atoms with E-state index >= 15 is 0 Å². The summed E-state index contributed by atoms with van der Waals surface area (Å²) in [5.74, 6) is 0. The van der Waals surface area contributed by atoms with Gasteiger partial charge in [-0.25, -0.2) is 0 Å². The van der Waals surface area contributed by atoms with Crippen molar-refractivity contribution < 1.29 is 0 Å². The standard InChI is InChI=1S/C15H13Cl4N/c1-9(10-2-4-11(16)5-3-10)20-8-12-13(17)6-7-14(18)15(12)19/h2-7,9,20H,8H2,1H3. The maximum atomic E-state index is 6.17. The lowest BCUT2D eigenvalue weighted by Crippen LogP contribution is -2.18. The van der Waals surface area contributed by atoms with Crippen LogP contribution in [0.4, 0.5) is 0 Å². The Morgan fingerprint density at radius 3 is 2.15 bits per heavy atom. The van der Waals surface area contributed by atoms with Gasteiger partial charge >= 0.3 is 0 Å². The van der Waals surface area contributed by atoms with Crippen LogP contribution in [0, 0.1) is 0 Å². The first-order valence-corrected chi connectivity index (χ1v) is 7.61. The van der Waals surface area contributed by atoms with Crippen LogP contribution in [0.15, 0.2) is 36.4 Å². The molecule has 5 heteroatoms. The maximum Gasteiger partial charge on any atom is 0.0652 e. The Bertz CT molecular complexity index is 596. The van der Waals surface area contributed by atoms with Crippen molar-refractivity contribution in [2.45, 2.75) is 19.5 Å². The average molecular weight is 349 g/mol. The minimum absolute atomic E-state index is 0.151. The summed E-state index contributed by atoms with van der Waals surface area (Å²) in [5, 5.41) is 5.71. The number of benzene rings is 2. The van der Waals surface area contributed by atoms with E-state index in [4.69, 9.17) is 46.4 Å². The van der Waals surface area contributed by atoms with Gasteiger partial charge in [-0.05, 0) is 36.8 Å². The van der Waals surface area contributed by atoms with Gasteiger partial charge in [0.2, 0.25) is 0 Å². The molecule has 0 amide bonds. The van der Waals surface area contributed by atoms with E-state index in [0.717, 1.165) is 16.1 Å². The van der Waals surface area contributed by atoms with Gasteiger partial charge in [0.25, 0.3) is 0 Å². The first kappa shape index (κ1) is 15.9. The molecule has 0 saturated carbocycles. The molecular weight excluding hydrogens is 336 g/mol. The molecule has 20 heavy (non-hydrogen) atoms. The zero-order chi connectivity index (χ0) is 14.7. The summed E-state index contributed by atoms with van der Waals surface area (Å²) in [6.45, 7) is 2.61. The highest BCUT2D eigenvalue weighted by Crippen LogP contribution is 2.31. The SMILES string of the molecule is CC(NCc1c(Cl)ccc(Cl)c1Cl)c1ccc(Cl)cc1. The van der Waals surface area contributed by atoms with Crippen LogP contribution in [0.2, 0.25) is 20.1 Å². The van der Waals surface area contributed by atoms with Crippen LogP contribution >= 0.6 is 46.4 Å². The van der Waals surface area contributed by atoms with E-state index in [2.05, 4.69) is 12.2 Å². The molecule has 2 rings (SSSR count). The number of nitrogens with one attached hydrogen (secondary N) is 1. The van der Waals surface area contributed by atoms with Gasteiger partial charge < -0.3 is 5.32 Å². The topological polar surface area (TPSA) is 12.0 Å². The molecular formula is C15H13Cl4N. The van der Waals surface area contributed by atoms with Gasteiger partial charge in [-0.1, -0.05) is 58.5 Å². The van der Waals surface area contributed by atoms with Gasteiger partial charge in [-0.3, -0.25) is 0 Å². The van der Waals surface area contributed by atoms with Crippen LogP contribution in [0.3, 0.4) is 0 Å². The van der Waals surface area contributed by atoms with E-state index in [1.807, 2.05) is 24.3 Å². The third-order valence-corrected chi connectivity index (χ3v) is 4.54. The highest BCUT2D eigenvalue weighted by molar-refractivity contribution is 6.44. The normalized spacial score (nSPS) is 12.4. The third-order valence-electron chi connectivity index (χ3n) is 3.09. The van der Waals surface area contributed by atoms with Gasteiger partial charge in [0.1, 0.15) is 0 Å². The van der Waals surface area contributed by atoms with Crippen molar-refractivity contribution in [3.05, 3.63) is 67.6 Å². The summed E-state index contributed by atoms with van der Waals surface area (Å²) in [6.07, 6.45) is 0. The highest BCUT2D eigenvalue weighted by atomic mass is 35.5. The summed E-state index contributed by atoms with van der Waals surface area (Å²) >= 11 is 24.2. The Balaban J connectivity index is 2.09. The largest absolute Gasteiger partial charge is 0.306 e. The van der Waals surface area contributed by atoms with Crippen LogP contribution in [-0.4, -0.2) is 0 Å². The Morgan fingerprint density at radius 2 is 1.50 bits per heavy atom. The van der Waals surface area contributed by atoms with Crippen molar-refractivity contribution in [2.75, 3.05) is 0 Å². The lowest BCUT2D eigenvalue weighted by atomic mass is 10.1. The number of hydrogen-bond acceptors (Lipinski definition) is 1. The van der Waals surface area contributed by atoms with E-state index in [1.165, 1.54) is 0 Å². The quantitative estimate of drug-likeness (QED) is 0.653. The minimum Gasteiger partial charge on any atom is -0.306 e. The van der Waals surface area contributed by atoms with Crippen molar-refractivity contribution in [3.63, 3.8) is 0 Å². The molecule has 0 aliphatic rings. The van der Waals surface area contributed by atoms with Crippen molar-refractivity contribution in [3.8, 4) is 0 Å². The molecule has 1 atom stereocenters. The summed E-state index contributed by atoms with van der Waals surface area (Å²) in [5.41, 5.74) is 1.95. The van der Waals surface area contributed by atoms with Crippen LogP contribution in [0.25, 0.3) is 0 Å². The molecule has 0 aliphatic carbocycles. The van der Waals surface area contributed by atoms with Crippen molar-refractivity contribution >= 4 is 46.4 Å². The summed E-state index contributed by atoms with van der Waals surface area (Å²) in [7, 11) is 0. The predicted octanol–water partition coefficient (Wildman–Crippen LogP) is 6.15. The average Bonchev–Trinajstić information content (AvgIpc) is 2.43. The van der Waals surface area contributed by atoms with E-state index < -0.39 is 0 Å². The number of hydrogen-bond donors (Lipinski definition) is 1. The van der Waals surface area contributed by atoms with Crippen LogP contribution in [0.5, 0.6) is 0 Å². The zero-order valence-electron chi connectivity index (χ0n) is 10.8. The molecule has 1 unspecified atom stereocenters. The molecule has 1 N–H and O–H groups in total. The van der Waals surface area contributed by atoms with Crippen molar-refractivity contribution in [2.24, 2.45) is 0 Å². The molecule has 0 spiro atoms. The molecule has 0 heterocycles. The van der Waals surface area contributed by atoms with Crippen LogP contribution < -0.4 is 5.32 Å². The molecule has 0 radical (unpaired) electrons. The molecule has 0 aliphatic heterocycles. The molecule has 0 saturated heterocycles. The van der Waals surface area contributed by atoms with Crippen molar-refractivity contribution in [1.82, 2.24) is 5.32 Å². The van der Waals surface area contributed by atoms with Gasteiger partial charge in [-0.2, -0.15) is 0 Å². The summed E-state index contributed by atoms with van der Waals surface area (Å²) < 4.78 is 0. The summed E-state index contributed by atoms with van der Waals surface area (Å²) in [6, 6.07) is 11.3. The molecule has 0 bridgehead atoms. The number of halogens is 4. The number of rotatable bonds is 4. The lowest BCUT2D eigenvalue weighted by molar-refractivity contribution is 0.575. The first-order valence-electron chi connectivity index (χ1n) is 6.10. The molecule has 0 aromatic heterocycles. The van der Waals surface area contributed by atoms with Gasteiger partial charge in [0.15, 0.2) is 0 Å². The van der Waals surface area contributed by atoms with Crippen LogP contribution in [0.1, 0.15) is 24.1 Å². The minimum atomic E-state index is 0.151. The molecule has 106 valence electrons. The van der Waals surface area contributed by atoms with Gasteiger partial charge in [0.05, 0.1) is 10.0 Å². The fourth-order valence-corrected chi connectivity index (χ4v) is 2.66. The third kappa shape index (κ3) is 3.81. The lowest BCUT2D eigenvalue weighted by Gasteiger charge is -2.16. The molecule has 0 fully saturated rings. The Labute approximate surface area is 138 Å². The Kier molecular flexibility index (Phi) is 5.59. The van der Waals surface area contributed by atoms with Gasteiger partial charge in [-0.15, -0.1) is 0 Å². The fraction of sp³-hybridized carbons (Fsp3) is 0.200. The zero-order valence-corrected chi connectivity index (χ0v) is 13.8. The van der Waals surface area contributed by atoms with Crippen molar-refractivity contribution in [1.29, 1.82) is 0 Å². The Morgan fingerprint density at radius 1 is 0.900 bits per heavy atom. The smallest absolute Gasteiger partial charge is 0.0652 e. The second kappa shape index (κ2) is 7.02.